The summed E-state index contributed by atoms with van der Waals surface area (Å²) in [6.07, 6.45) is 1.41. The van der Waals surface area contributed by atoms with Gasteiger partial charge < -0.3 is 5.11 Å². The van der Waals surface area contributed by atoms with Gasteiger partial charge in [-0.1, -0.05) is 31.5 Å². The zero-order valence-electron chi connectivity index (χ0n) is 12.1. The van der Waals surface area contributed by atoms with Crippen molar-refractivity contribution in [2.45, 2.75) is 38.5 Å². The molecule has 0 aliphatic carbocycles. The number of hydrogen-bond acceptors (Lipinski definition) is 3. The van der Waals surface area contributed by atoms with E-state index in [1.807, 2.05) is 13.8 Å². The van der Waals surface area contributed by atoms with Gasteiger partial charge in [0.1, 0.15) is 0 Å². The van der Waals surface area contributed by atoms with E-state index in [1.165, 1.54) is 0 Å². The molecule has 0 bridgehead atoms. The zero-order chi connectivity index (χ0) is 15.4. The molecule has 0 spiro atoms. The largest absolute Gasteiger partial charge is 0.396 e. The summed E-state index contributed by atoms with van der Waals surface area (Å²) >= 11 is 5.96. The number of rotatable bonds is 7. The second kappa shape index (κ2) is 6.89. The Morgan fingerprint density at radius 1 is 1.35 bits per heavy atom. The van der Waals surface area contributed by atoms with Crippen LogP contribution in [0.1, 0.15) is 32.3 Å². The first kappa shape index (κ1) is 17.4. The first-order valence-corrected chi connectivity index (χ1v) is 8.41. The van der Waals surface area contributed by atoms with Crippen LogP contribution in [-0.2, 0) is 10.0 Å². The Bertz CT molecular complexity index is 556. The van der Waals surface area contributed by atoms with Crippen molar-refractivity contribution in [1.82, 2.24) is 4.72 Å². The Hall–Kier alpha value is -0.620. The second-order valence-electron chi connectivity index (χ2n) is 5.68. The van der Waals surface area contributed by atoms with Gasteiger partial charge in [-0.05, 0) is 42.9 Å². The Balaban J connectivity index is 2.83. The van der Waals surface area contributed by atoms with Crippen LogP contribution >= 0.6 is 11.6 Å². The number of nitrogens with one attached hydrogen (secondary N) is 1. The topological polar surface area (TPSA) is 66.4 Å². The Labute approximate surface area is 126 Å². The van der Waals surface area contributed by atoms with Gasteiger partial charge in [0.15, 0.2) is 0 Å². The summed E-state index contributed by atoms with van der Waals surface area (Å²) in [5, 5.41) is 9.29. The summed E-state index contributed by atoms with van der Waals surface area (Å²) in [6, 6.07) is 4.84. The number of aliphatic hydroxyl groups is 1. The molecule has 0 amide bonds. The van der Waals surface area contributed by atoms with Gasteiger partial charge in [-0.2, -0.15) is 0 Å². The Morgan fingerprint density at radius 2 is 2.00 bits per heavy atom. The van der Waals surface area contributed by atoms with Crippen LogP contribution in [0.25, 0.3) is 0 Å². The fraction of sp³-hybridized carbons (Fsp3) is 0.571. The molecule has 0 radical (unpaired) electrons. The molecule has 1 aromatic rings. The maximum Gasteiger partial charge on any atom is 0.240 e. The van der Waals surface area contributed by atoms with Crippen molar-refractivity contribution in [2.75, 3.05) is 13.2 Å². The minimum absolute atomic E-state index is 0.115. The highest BCUT2D eigenvalue weighted by Crippen LogP contribution is 2.25. The van der Waals surface area contributed by atoms with Gasteiger partial charge in [-0.15, -0.1) is 0 Å². The maximum absolute atomic E-state index is 12.3. The first-order chi connectivity index (χ1) is 9.19. The molecule has 20 heavy (non-hydrogen) atoms. The summed E-state index contributed by atoms with van der Waals surface area (Å²) in [7, 11) is -3.57. The van der Waals surface area contributed by atoms with Gasteiger partial charge in [-0.3, -0.25) is 0 Å². The Kier molecular flexibility index (Phi) is 6.01. The Morgan fingerprint density at radius 3 is 2.60 bits per heavy atom. The van der Waals surface area contributed by atoms with Crippen molar-refractivity contribution in [3.8, 4) is 0 Å². The van der Waals surface area contributed by atoms with E-state index in [4.69, 9.17) is 16.7 Å². The third-order valence-electron chi connectivity index (χ3n) is 3.26. The van der Waals surface area contributed by atoms with Crippen LogP contribution in [0.5, 0.6) is 0 Å². The van der Waals surface area contributed by atoms with Crippen LogP contribution in [0.4, 0.5) is 0 Å². The molecule has 0 saturated carbocycles. The van der Waals surface area contributed by atoms with Crippen molar-refractivity contribution in [1.29, 1.82) is 0 Å². The molecule has 0 unspecified atom stereocenters. The van der Waals surface area contributed by atoms with E-state index in [0.717, 1.165) is 6.42 Å². The molecule has 0 aliphatic heterocycles. The average molecular weight is 320 g/mol. The minimum Gasteiger partial charge on any atom is -0.396 e. The van der Waals surface area contributed by atoms with E-state index >= 15 is 0 Å². The van der Waals surface area contributed by atoms with Crippen LogP contribution in [0.15, 0.2) is 23.1 Å². The number of aliphatic hydroxyl groups excluding tert-OH is 1. The van der Waals surface area contributed by atoms with Crippen molar-refractivity contribution < 1.29 is 13.5 Å². The van der Waals surface area contributed by atoms with Crippen molar-refractivity contribution >= 4 is 21.6 Å². The lowest BCUT2D eigenvalue weighted by atomic mass is 9.88. The van der Waals surface area contributed by atoms with Crippen LogP contribution in [-0.4, -0.2) is 26.7 Å². The quantitative estimate of drug-likeness (QED) is 0.812. The third-order valence-corrected chi connectivity index (χ3v) is 5.22. The average Bonchev–Trinajstić information content (AvgIpc) is 2.37. The smallest absolute Gasteiger partial charge is 0.240 e. The fourth-order valence-electron chi connectivity index (χ4n) is 1.89. The first-order valence-electron chi connectivity index (χ1n) is 6.55. The van der Waals surface area contributed by atoms with E-state index in [-0.39, 0.29) is 16.9 Å². The highest BCUT2D eigenvalue weighted by atomic mass is 35.5. The van der Waals surface area contributed by atoms with Gasteiger partial charge >= 0.3 is 0 Å². The number of halogens is 1. The fourth-order valence-corrected chi connectivity index (χ4v) is 3.63. The molecule has 0 atom stereocenters. The number of benzene rings is 1. The van der Waals surface area contributed by atoms with Gasteiger partial charge in [-0.25, -0.2) is 13.1 Å². The van der Waals surface area contributed by atoms with Crippen molar-refractivity contribution in [3.63, 3.8) is 0 Å². The van der Waals surface area contributed by atoms with Crippen molar-refractivity contribution in [3.05, 3.63) is 28.8 Å². The molecule has 2 N–H and O–H groups in total. The molecule has 0 aromatic heterocycles. The molecule has 0 heterocycles. The van der Waals surface area contributed by atoms with E-state index in [0.29, 0.717) is 23.6 Å². The van der Waals surface area contributed by atoms with Crippen LogP contribution in [0.2, 0.25) is 5.02 Å². The number of sulfonamides is 1. The molecule has 0 saturated heterocycles. The van der Waals surface area contributed by atoms with Crippen molar-refractivity contribution in [2.24, 2.45) is 5.41 Å². The lowest BCUT2D eigenvalue weighted by molar-refractivity contribution is 0.242. The highest BCUT2D eigenvalue weighted by molar-refractivity contribution is 7.89. The van der Waals surface area contributed by atoms with Crippen LogP contribution in [0.3, 0.4) is 0 Å². The monoisotopic (exact) mass is 319 g/mol. The lowest BCUT2D eigenvalue weighted by Crippen LogP contribution is -2.34. The number of hydrogen-bond donors (Lipinski definition) is 2. The molecule has 1 aromatic carbocycles. The second-order valence-corrected chi connectivity index (χ2v) is 7.82. The molecule has 1 rings (SSSR count). The SMILES string of the molecule is Cc1c(Cl)cccc1S(=O)(=O)NCC(C)(C)CCCO. The minimum atomic E-state index is -3.57. The van der Waals surface area contributed by atoms with Gasteiger partial charge in [0.05, 0.1) is 4.90 Å². The molecule has 0 fully saturated rings. The van der Waals surface area contributed by atoms with Gasteiger partial charge in [0.2, 0.25) is 10.0 Å². The van der Waals surface area contributed by atoms with E-state index < -0.39 is 10.0 Å². The third kappa shape index (κ3) is 4.74. The summed E-state index contributed by atoms with van der Waals surface area (Å²) in [4.78, 5) is 0.211. The molecule has 4 nitrogen and oxygen atoms in total. The van der Waals surface area contributed by atoms with Gasteiger partial charge in [0, 0.05) is 18.2 Å². The molecule has 0 aliphatic rings. The van der Waals surface area contributed by atoms with Crippen LogP contribution < -0.4 is 4.72 Å². The predicted octanol–water partition coefficient (Wildman–Crippen LogP) is 2.73. The molecular formula is C14H22ClNO3S. The molecular weight excluding hydrogens is 298 g/mol. The maximum atomic E-state index is 12.3. The molecule has 6 heteroatoms. The highest BCUT2D eigenvalue weighted by Gasteiger charge is 2.23. The summed E-state index contributed by atoms with van der Waals surface area (Å²) in [6.45, 7) is 6.06. The standard InChI is InChI=1S/C14H22ClNO3S/c1-11-12(15)6-4-7-13(11)20(18,19)16-10-14(2,3)8-5-9-17/h4,6-7,16-17H,5,8-10H2,1-3H3. The van der Waals surface area contributed by atoms with Crippen LogP contribution in [0, 0.1) is 12.3 Å². The van der Waals surface area contributed by atoms with E-state index in [1.54, 1.807) is 25.1 Å². The normalized spacial score (nSPS) is 12.7. The van der Waals surface area contributed by atoms with E-state index in [9.17, 15) is 8.42 Å². The molecule has 114 valence electrons. The lowest BCUT2D eigenvalue weighted by Gasteiger charge is -2.24. The van der Waals surface area contributed by atoms with E-state index in [2.05, 4.69) is 4.72 Å². The summed E-state index contributed by atoms with van der Waals surface area (Å²) in [5.74, 6) is 0. The van der Waals surface area contributed by atoms with Gasteiger partial charge in [0.25, 0.3) is 0 Å². The summed E-state index contributed by atoms with van der Waals surface area (Å²) < 4.78 is 27.2. The predicted molar refractivity (Wildman–Crippen MR) is 81.5 cm³/mol. The zero-order valence-corrected chi connectivity index (χ0v) is 13.7. The summed E-state index contributed by atoms with van der Waals surface area (Å²) in [5.41, 5.74) is 0.345.